The Kier molecular flexibility index (Phi) is 2.97. The fourth-order valence-corrected chi connectivity index (χ4v) is 2.28. The molecule has 0 aliphatic heterocycles. The standard InChI is InChI=1S/C16H15N3/c1-11-5-4-8-15(19-11)16(17)14-10-18-9-12-6-2-3-7-13(12)14/h2-10,16H,17H2,1H3. The first kappa shape index (κ1) is 11.8. The van der Waals surface area contributed by atoms with Gasteiger partial charge in [0.15, 0.2) is 0 Å². The van der Waals surface area contributed by atoms with Gasteiger partial charge in [-0.1, -0.05) is 30.3 Å². The van der Waals surface area contributed by atoms with Crippen molar-refractivity contribution < 1.29 is 0 Å². The molecule has 3 heteroatoms. The molecular weight excluding hydrogens is 234 g/mol. The monoisotopic (exact) mass is 249 g/mol. The van der Waals surface area contributed by atoms with E-state index in [1.54, 1.807) is 0 Å². The fourth-order valence-electron chi connectivity index (χ4n) is 2.28. The third-order valence-corrected chi connectivity index (χ3v) is 3.26. The van der Waals surface area contributed by atoms with Gasteiger partial charge in [0.25, 0.3) is 0 Å². The van der Waals surface area contributed by atoms with E-state index in [2.05, 4.69) is 16.0 Å². The molecule has 3 aromatic rings. The summed E-state index contributed by atoms with van der Waals surface area (Å²) in [4.78, 5) is 8.78. The van der Waals surface area contributed by atoms with Crippen LogP contribution in [0.2, 0.25) is 0 Å². The number of nitrogens with two attached hydrogens (primary N) is 1. The van der Waals surface area contributed by atoms with Crippen LogP contribution in [0.3, 0.4) is 0 Å². The van der Waals surface area contributed by atoms with Gasteiger partial charge in [-0.2, -0.15) is 0 Å². The second-order valence-corrected chi connectivity index (χ2v) is 4.63. The van der Waals surface area contributed by atoms with E-state index in [9.17, 15) is 0 Å². The van der Waals surface area contributed by atoms with E-state index < -0.39 is 0 Å². The fraction of sp³-hybridized carbons (Fsp3) is 0.125. The molecule has 1 atom stereocenters. The maximum atomic E-state index is 6.35. The van der Waals surface area contributed by atoms with Crippen LogP contribution in [0, 0.1) is 6.92 Å². The zero-order chi connectivity index (χ0) is 13.2. The number of aromatic nitrogens is 2. The molecule has 0 amide bonds. The van der Waals surface area contributed by atoms with Gasteiger partial charge in [-0.3, -0.25) is 9.97 Å². The normalized spacial score (nSPS) is 12.5. The second kappa shape index (κ2) is 4.78. The van der Waals surface area contributed by atoms with Gasteiger partial charge < -0.3 is 5.73 Å². The Morgan fingerprint density at radius 2 is 1.84 bits per heavy atom. The third-order valence-electron chi connectivity index (χ3n) is 3.26. The number of pyridine rings is 2. The topological polar surface area (TPSA) is 51.8 Å². The summed E-state index contributed by atoms with van der Waals surface area (Å²) in [6.07, 6.45) is 3.69. The molecule has 3 nitrogen and oxygen atoms in total. The molecule has 2 N–H and O–H groups in total. The number of nitrogens with zero attached hydrogens (tertiary/aromatic N) is 2. The van der Waals surface area contributed by atoms with Crippen LogP contribution in [0.5, 0.6) is 0 Å². The molecule has 1 unspecified atom stereocenters. The Bertz CT molecular complexity index is 717. The van der Waals surface area contributed by atoms with Gasteiger partial charge in [-0.05, 0) is 24.4 Å². The number of hydrogen-bond donors (Lipinski definition) is 1. The molecule has 0 radical (unpaired) electrons. The van der Waals surface area contributed by atoms with Gasteiger partial charge in [0.2, 0.25) is 0 Å². The summed E-state index contributed by atoms with van der Waals surface area (Å²) in [5.74, 6) is 0. The van der Waals surface area contributed by atoms with Gasteiger partial charge in [0.05, 0.1) is 11.7 Å². The van der Waals surface area contributed by atoms with E-state index in [1.807, 2.05) is 55.7 Å². The SMILES string of the molecule is Cc1cccc(C(N)c2cncc3ccccc23)n1. The summed E-state index contributed by atoms with van der Waals surface area (Å²) in [6.45, 7) is 1.97. The molecule has 0 spiro atoms. The summed E-state index contributed by atoms with van der Waals surface area (Å²) in [7, 11) is 0. The molecular formula is C16H15N3. The summed E-state index contributed by atoms with van der Waals surface area (Å²) < 4.78 is 0. The minimum absolute atomic E-state index is 0.251. The van der Waals surface area contributed by atoms with Crippen molar-refractivity contribution in [2.75, 3.05) is 0 Å². The molecule has 0 saturated carbocycles. The lowest BCUT2D eigenvalue weighted by molar-refractivity contribution is 0.824. The van der Waals surface area contributed by atoms with Gasteiger partial charge in [0.1, 0.15) is 0 Å². The van der Waals surface area contributed by atoms with Crippen LogP contribution in [-0.4, -0.2) is 9.97 Å². The summed E-state index contributed by atoms with van der Waals surface area (Å²) in [5.41, 5.74) is 9.21. The first-order chi connectivity index (χ1) is 9.25. The predicted molar refractivity (Wildman–Crippen MR) is 76.7 cm³/mol. The Morgan fingerprint density at radius 1 is 1.00 bits per heavy atom. The summed E-state index contributed by atoms with van der Waals surface area (Å²) >= 11 is 0. The lowest BCUT2D eigenvalue weighted by atomic mass is 9.99. The Balaban J connectivity index is 2.14. The molecule has 2 aromatic heterocycles. The van der Waals surface area contributed by atoms with Crippen LogP contribution in [0.1, 0.15) is 23.0 Å². The van der Waals surface area contributed by atoms with Crippen molar-refractivity contribution in [1.82, 2.24) is 9.97 Å². The Morgan fingerprint density at radius 3 is 2.68 bits per heavy atom. The molecule has 94 valence electrons. The number of hydrogen-bond acceptors (Lipinski definition) is 3. The van der Waals surface area contributed by atoms with E-state index in [-0.39, 0.29) is 6.04 Å². The lowest BCUT2D eigenvalue weighted by Gasteiger charge is -2.14. The van der Waals surface area contributed by atoms with Crippen molar-refractivity contribution in [3.63, 3.8) is 0 Å². The first-order valence-corrected chi connectivity index (χ1v) is 6.27. The summed E-state index contributed by atoms with van der Waals surface area (Å²) in [5, 5.41) is 2.23. The lowest BCUT2D eigenvalue weighted by Crippen LogP contribution is -2.14. The molecule has 2 heterocycles. The average Bonchev–Trinajstić information content (AvgIpc) is 2.46. The molecule has 0 fully saturated rings. The molecule has 0 aliphatic carbocycles. The van der Waals surface area contributed by atoms with E-state index >= 15 is 0 Å². The molecule has 0 bridgehead atoms. The smallest absolute Gasteiger partial charge is 0.0747 e. The van der Waals surface area contributed by atoms with Crippen molar-refractivity contribution in [2.45, 2.75) is 13.0 Å². The largest absolute Gasteiger partial charge is 0.319 e. The quantitative estimate of drug-likeness (QED) is 0.759. The van der Waals surface area contributed by atoms with Gasteiger partial charge in [0, 0.05) is 29.0 Å². The van der Waals surface area contributed by atoms with Crippen molar-refractivity contribution in [3.05, 3.63) is 71.8 Å². The molecule has 0 saturated heterocycles. The number of rotatable bonds is 2. The van der Waals surface area contributed by atoms with Crippen LogP contribution in [0.25, 0.3) is 10.8 Å². The molecule has 0 aliphatic rings. The third kappa shape index (κ3) is 2.20. The number of fused-ring (bicyclic) bond motifs is 1. The molecule has 1 aromatic carbocycles. The number of aryl methyl sites for hydroxylation is 1. The first-order valence-electron chi connectivity index (χ1n) is 6.27. The van der Waals surface area contributed by atoms with Crippen LogP contribution in [0.15, 0.2) is 54.9 Å². The van der Waals surface area contributed by atoms with E-state index in [0.29, 0.717) is 0 Å². The zero-order valence-electron chi connectivity index (χ0n) is 10.7. The van der Waals surface area contributed by atoms with Gasteiger partial charge >= 0.3 is 0 Å². The van der Waals surface area contributed by atoms with Crippen LogP contribution in [-0.2, 0) is 0 Å². The molecule has 19 heavy (non-hydrogen) atoms. The highest BCUT2D eigenvalue weighted by molar-refractivity contribution is 5.85. The zero-order valence-corrected chi connectivity index (χ0v) is 10.7. The van der Waals surface area contributed by atoms with E-state index in [4.69, 9.17) is 5.73 Å². The van der Waals surface area contributed by atoms with Gasteiger partial charge in [-0.15, -0.1) is 0 Å². The molecule has 3 rings (SSSR count). The minimum Gasteiger partial charge on any atom is -0.319 e. The number of benzene rings is 1. The van der Waals surface area contributed by atoms with Gasteiger partial charge in [-0.25, -0.2) is 0 Å². The van der Waals surface area contributed by atoms with Crippen LogP contribution < -0.4 is 5.73 Å². The average molecular weight is 249 g/mol. The highest BCUT2D eigenvalue weighted by Crippen LogP contribution is 2.25. The van der Waals surface area contributed by atoms with Crippen LogP contribution in [0.4, 0.5) is 0 Å². The Labute approximate surface area is 112 Å². The van der Waals surface area contributed by atoms with E-state index in [0.717, 1.165) is 27.7 Å². The maximum absolute atomic E-state index is 6.35. The van der Waals surface area contributed by atoms with Crippen molar-refractivity contribution in [1.29, 1.82) is 0 Å². The van der Waals surface area contributed by atoms with Crippen LogP contribution >= 0.6 is 0 Å². The van der Waals surface area contributed by atoms with Crippen molar-refractivity contribution >= 4 is 10.8 Å². The highest BCUT2D eigenvalue weighted by Gasteiger charge is 2.13. The van der Waals surface area contributed by atoms with Crippen molar-refractivity contribution in [3.8, 4) is 0 Å². The minimum atomic E-state index is -0.251. The second-order valence-electron chi connectivity index (χ2n) is 4.63. The van der Waals surface area contributed by atoms with E-state index in [1.165, 1.54) is 0 Å². The maximum Gasteiger partial charge on any atom is 0.0747 e. The Hall–Kier alpha value is -2.26. The highest BCUT2D eigenvalue weighted by atomic mass is 14.8. The van der Waals surface area contributed by atoms with Crippen molar-refractivity contribution in [2.24, 2.45) is 5.73 Å². The summed E-state index contributed by atoms with van der Waals surface area (Å²) in [6, 6.07) is 13.8. The predicted octanol–water partition coefficient (Wildman–Crippen LogP) is 2.99.